The number of carbonyl (C=O) groups excluding carboxylic acids is 1. The minimum atomic E-state index is -0.0712. The van der Waals surface area contributed by atoms with E-state index in [9.17, 15) is 4.79 Å². The minimum absolute atomic E-state index is 0.0712. The van der Waals surface area contributed by atoms with Crippen molar-refractivity contribution < 1.29 is 9.53 Å². The van der Waals surface area contributed by atoms with Crippen molar-refractivity contribution >= 4 is 11.6 Å². The van der Waals surface area contributed by atoms with Gasteiger partial charge in [-0.1, -0.05) is 12.8 Å². The fraction of sp³-hybridized carbons (Fsp3) is 0.533. The summed E-state index contributed by atoms with van der Waals surface area (Å²) in [5.41, 5.74) is 8.01. The maximum Gasteiger partial charge on any atom is 0.251 e. The summed E-state index contributed by atoms with van der Waals surface area (Å²) >= 11 is 0. The molecule has 104 valence electrons. The first-order valence-corrected chi connectivity index (χ1v) is 6.93. The van der Waals surface area contributed by atoms with Crippen molar-refractivity contribution in [2.75, 3.05) is 18.9 Å². The molecule has 0 atom stereocenters. The number of carbonyl (C=O) groups is 1. The summed E-state index contributed by atoms with van der Waals surface area (Å²) in [4.78, 5) is 11.9. The Balaban J connectivity index is 1.72. The van der Waals surface area contributed by atoms with E-state index in [1.54, 1.807) is 12.1 Å². The van der Waals surface area contributed by atoms with E-state index < -0.39 is 0 Å². The Kier molecular flexibility index (Phi) is 4.80. The number of rotatable bonds is 5. The molecule has 1 aromatic rings. The maximum atomic E-state index is 11.9. The summed E-state index contributed by atoms with van der Waals surface area (Å²) in [5.74, 6) is -0.0712. The lowest BCUT2D eigenvalue weighted by molar-refractivity contribution is 0.0582. The van der Waals surface area contributed by atoms with Gasteiger partial charge in [0.25, 0.3) is 5.91 Å². The van der Waals surface area contributed by atoms with E-state index in [0.29, 0.717) is 30.5 Å². The van der Waals surface area contributed by atoms with E-state index in [4.69, 9.17) is 10.5 Å². The number of ether oxygens (including phenoxy) is 1. The molecule has 0 heterocycles. The van der Waals surface area contributed by atoms with Crippen LogP contribution in [0.4, 0.5) is 5.69 Å². The highest BCUT2D eigenvalue weighted by molar-refractivity contribution is 5.94. The van der Waals surface area contributed by atoms with E-state index >= 15 is 0 Å². The SMILES string of the molecule is Cc1cc(C(=O)NCCOC2CCCC2)ccc1N. The van der Waals surface area contributed by atoms with Gasteiger partial charge in [0, 0.05) is 17.8 Å². The van der Waals surface area contributed by atoms with E-state index in [0.717, 1.165) is 18.4 Å². The Morgan fingerprint density at radius 1 is 1.42 bits per heavy atom. The van der Waals surface area contributed by atoms with Crippen molar-refractivity contribution in [1.82, 2.24) is 5.32 Å². The third-order valence-corrected chi connectivity index (χ3v) is 3.58. The van der Waals surface area contributed by atoms with Gasteiger partial charge in [0.2, 0.25) is 0 Å². The first-order valence-electron chi connectivity index (χ1n) is 6.93. The van der Waals surface area contributed by atoms with Crippen molar-refractivity contribution in [3.63, 3.8) is 0 Å². The number of nitrogens with one attached hydrogen (secondary N) is 1. The van der Waals surface area contributed by atoms with Crippen molar-refractivity contribution in [2.45, 2.75) is 38.7 Å². The molecule has 0 aromatic heterocycles. The Hall–Kier alpha value is -1.55. The number of amides is 1. The van der Waals surface area contributed by atoms with Gasteiger partial charge < -0.3 is 15.8 Å². The molecule has 3 N–H and O–H groups in total. The fourth-order valence-corrected chi connectivity index (χ4v) is 2.36. The molecule has 1 aliphatic rings. The molecule has 0 saturated heterocycles. The van der Waals surface area contributed by atoms with Crippen molar-refractivity contribution in [1.29, 1.82) is 0 Å². The van der Waals surface area contributed by atoms with Gasteiger partial charge in [0.15, 0.2) is 0 Å². The van der Waals surface area contributed by atoms with E-state index in [2.05, 4.69) is 5.32 Å². The smallest absolute Gasteiger partial charge is 0.251 e. The molecule has 2 rings (SSSR count). The van der Waals surface area contributed by atoms with Crippen LogP contribution in [0.25, 0.3) is 0 Å². The normalized spacial score (nSPS) is 15.6. The summed E-state index contributed by atoms with van der Waals surface area (Å²) in [5, 5.41) is 2.86. The molecule has 1 aliphatic carbocycles. The lowest BCUT2D eigenvalue weighted by Gasteiger charge is -2.11. The summed E-state index contributed by atoms with van der Waals surface area (Å²) < 4.78 is 5.70. The number of nitrogen functional groups attached to an aromatic ring is 1. The lowest BCUT2D eigenvalue weighted by atomic mass is 10.1. The topological polar surface area (TPSA) is 64.3 Å². The first kappa shape index (κ1) is 13.9. The van der Waals surface area contributed by atoms with Gasteiger partial charge in [0.1, 0.15) is 0 Å². The van der Waals surface area contributed by atoms with E-state index in [-0.39, 0.29) is 5.91 Å². The zero-order valence-electron chi connectivity index (χ0n) is 11.4. The standard InChI is InChI=1S/C15H22N2O2/c1-11-10-12(6-7-14(11)16)15(18)17-8-9-19-13-4-2-3-5-13/h6-7,10,13H,2-5,8-9,16H2,1H3,(H,17,18). The number of hydrogen-bond acceptors (Lipinski definition) is 3. The average molecular weight is 262 g/mol. The highest BCUT2D eigenvalue weighted by Gasteiger charge is 2.15. The number of aryl methyl sites for hydroxylation is 1. The molecule has 1 aromatic carbocycles. The average Bonchev–Trinajstić information content (AvgIpc) is 2.91. The fourth-order valence-electron chi connectivity index (χ4n) is 2.36. The predicted octanol–water partition coefficient (Wildman–Crippen LogP) is 2.27. The molecule has 4 nitrogen and oxygen atoms in total. The second kappa shape index (κ2) is 6.57. The lowest BCUT2D eigenvalue weighted by Crippen LogP contribution is -2.28. The Labute approximate surface area is 114 Å². The summed E-state index contributed by atoms with van der Waals surface area (Å²) in [6, 6.07) is 5.32. The van der Waals surface area contributed by atoms with Gasteiger partial charge in [0.05, 0.1) is 12.7 Å². The van der Waals surface area contributed by atoms with E-state index in [1.165, 1.54) is 12.8 Å². The molecular formula is C15H22N2O2. The number of anilines is 1. The highest BCUT2D eigenvalue weighted by Crippen LogP contribution is 2.20. The van der Waals surface area contributed by atoms with Crippen LogP contribution in [-0.2, 0) is 4.74 Å². The molecule has 4 heteroatoms. The third-order valence-electron chi connectivity index (χ3n) is 3.58. The number of hydrogen-bond donors (Lipinski definition) is 2. The second-order valence-corrected chi connectivity index (χ2v) is 5.10. The molecule has 0 unspecified atom stereocenters. The van der Waals surface area contributed by atoms with Gasteiger partial charge in [-0.05, 0) is 43.5 Å². The minimum Gasteiger partial charge on any atom is -0.399 e. The van der Waals surface area contributed by atoms with Crippen LogP contribution in [0.2, 0.25) is 0 Å². The monoisotopic (exact) mass is 262 g/mol. The second-order valence-electron chi connectivity index (χ2n) is 5.10. The van der Waals surface area contributed by atoms with Gasteiger partial charge in [-0.2, -0.15) is 0 Å². The van der Waals surface area contributed by atoms with Crippen molar-refractivity contribution in [3.05, 3.63) is 29.3 Å². The maximum absolute atomic E-state index is 11.9. The highest BCUT2D eigenvalue weighted by atomic mass is 16.5. The third kappa shape index (κ3) is 3.96. The van der Waals surface area contributed by atoms with Gasteiger partial charge in [-0.15, -0.1) is 0 Å². The Morgan fingerprint density at radius 3 is 2.84 bits per heavy atom. The van der Waals surface area contributed by atoms with Gasteiger partial charge in [-0.3, -0.25) is 4.79 Å². The van der Waals surface area contributed by atoms with Crippen LogP contribution in [0, 0.1) is 6.92 Å². The first-order chi connectivity index (χ1) is 9.16. The molecular weight excluding hydrogens is 240 g/mol. The molecule has 0 radical (unpaired) electrons. The van der Waals surface area contributed by atoms with Crippen LogP contribution in [0.5, 0.6) is 0 Å². The van der Waals surface area contributed by atoms with Crippen LogP contribution < -0.4 is 11.1 Å². The van der Waals surface area contributed by atoms with Gasteiger partial charge in [-0.25, -0.2) is 0 Å². The molecule has 0 aliphatic heterocycles. The zero-order chi connectivity index (χ0) is 13.7. The van der Waals surface area contributed by atoms with Crippen LogP contribution in [0.15, 0.2) is 18.2 Å². The largest absolute Gasteiger partial charge is 0.399 e. The van der Waals surface area contributed by atoms with Crippen LogP contribution in [-0.4, -0.2) is 25.2 Å². The van der Waals surface area contributed by atoms with Crippen LogP contribution in [0.3, 0.4) is 0 Å². The summed E-state index contributed by atoms with van der Waals surface area (Å²) in [7, 11) is 0. The predicted molar refractivity (Wildman–Crippen MR) is 76.1 cm³/mol. The van der Waals surface area contributed by atoms with Gasteiger partial charge >= 0.3 is 0 Å². The number of nitrogens with two attached hydrogens (primary N) is 1. The zero-order valence-corrected chi connectivity index (χ0v) is 11.4. The molecule has 1 saturated carbocycles. The van der Waals surface area contributed by atoms with Crippen molar-refractivity contribution in [3.8, 4) is 0 Å². The Bertz CT molecular complexity index is 440. The quantitative estimate of drug-likeness (QED) is 0.632. The summed E-state index contributed by atoms with van der Waals surface area (Å²) in [6.07, 6.45) is 5.25. The molecule has 1 fully saturated rings. The number of benzene rings is 1. The van der Waals surface area contributed by atoms with E-state index in [1.807, 2.05) is 13.0 Å². The summed E-state index contributed by atoms with van der Waals surface area (Å²) in [6.45, 7) is 3.04. The molecule has 0 bridgehead atoms. The van der Waals surface area contributed by atoms with Crippen molar-refractivity contribution in [2.24, 2.45) is 0 Å². The molecule has 0 spiro atoms. The molecule has 19 heavy (non-hydrogen) atoms. The molecule has 1 amide bonds. The van der Waals surface area contributed by atoms with Crippen LogP contribution in [0.1, 0.15) is 41.6 Å². The van der Waals surface area contributed by atoms with Crippen LogP contribution >= 0.6 is 0 Å². The Morgan fingerprint density at radius 2 is 2.16 bits per heavy atom.